The van der Waals surface area contributed by atoms with Gasteiger partial charge in [0.05, 0.1) is 0 Å². The van der Waals surface area contributed by atoms with Gasteiger partial charge in [0, 0.05) is 30.7 Å². The van der Waals surface area contributed by atoms with Crippen LogP contribution in [0, 0.1) is 0 Å². The van der Waals surface area contributed by atoms with Gasteiger partial charge in [-0.05, 0) is 35.1 Å². The number of anilines is 1. The van der Waals surface area contributed by atoms with E-state index in [1.807, 2.05) is 23.6 Å². The van der Waals surface area contributed by atoms with Gasteiger partial charge in [0.2, 0.25) is 0 Å². The Hall–Kier alpha value is -1.39. The van der Waals surface area contributed by atoms with Crippen LogP contribution in [0.3, 0.4) is 0 Å². The highest BCUT2D eigenvalue weighted by molar-refractivity contribution is 7.10. The summed E-state index contributed by atoms with van der Waals surface area (Å²) >= 11 is 1.88. The smallest absolute Gasteiger partial charge is 0.123 e. The largest absolute Gasteiger partial charge is 0.384 e. The lowest BCUT2D eigenvalue weighted by atomic mass is 10.1. The number of hydrogen-bond donors (Lipinski definition) is 1. The van der Waals surface area contributed by atoms with Crippen molar-refractivity contribution < 1.29 is 0 Å². The molecule has 1 aliphatic rings. The summed E-state index contributed by atoms with van der Waals surface area (Å²) in [6.07, 6.45) is 3.05. The third kappa shape index (κ3) is 2.33. The van der Waals surface area contributed by atoms with Crippen LogP contribution in [-0.2, 0) is 19.5 Å². The monoisotopic (exact) mass is 245 g/mol. The average molecular weight is 245 g/mol. The third-order valence-electron chi connectivity index (χ3n) is 3.14. The topological polar surface area (TPSA) is 42.1 Å². The molecule has 0 radical (unpaired) electrons. The second kappa shape index (κ2) is 4.47. The maximum atomic E-state index is 5.59. The average Bonchev–Trinajstić information content (AvgIpc) is 2.79. The second-order valence-electron chi connectivity index (χ2n) is 4.42. The highest BCUT2D eigenvalue weighted by Crippen LogP contribution is 2.24. The van der Waals surface area contributed by atoms with Crippen LogP contribution in [0.4, 0.5) is 5.82 Å². The van der Waals surface area contributed by atoms with Gasteiger partial charge in [0.25, 0.3) is 0 Å². The number of hydrogen-bond acceptors (Lipinski definition) is 4. The van der Waals surface area contributed by atoms with Gasteiger partial charge in [0.1, 0.15) is 5.82 Å². The summed E-state index contributed by atoms with van der Waals surface area (Å²) in [7, 11) is 0. The van der Waals surface area contributed by atoms with E-state index in [2.05, 4.69) is 27.4 Å². The molecule has 0 amide bonds. The third-order valence-corrected chi connectivity index (χ3v) is 4.16. The van der Waals surface area contributed by atoms with Crippen molar-refractivity contribution in [3.63, 3.8) is 0 Å². The molecule has 4 heteroatoms. The zero-order chi connectivity index (χ0) is 11.7. The van der Waals surface area contributed by atoms with E-state index in [1.54, 1.807) is 4.88 Å². The van der Waals surface area contributed by atoms with E-state index in [-0.39, 0.29) is 0 Å². The molecule has 0 unspecified atom stereocenters. The van der Waals surface area contributed by atoms with Gasteiger partial charge in [-0.1, -0.05) is 6.07 Å². The SMILES string of the molecule is Nc1ccc(CN2CCc3sccc3C2)cn1. The predicted octanol–water partition coefficient (Wildman–Crippen LogP) is 2.28. The fraction of sp³-hybridized carbons (Fsp3) is 0.308. The molecule has 0 spiro atoms. The van der Waals surface area contributed by atoms with Gasteiger partial charge in [0.15, 0.2) is 0 Å². The summed E-state index contributed by atoms with van der Waals surface area (Å²) in [5.74, 6) is 0.590. The quantitative estimate of drug-likeness (QED) is 0.882. The Balaban J connectivity index is 1.69. The molecule has 0 saturated heterocycles. The summed E-state index contributed by atoms with van der Waals surface area (Å²) in [6.45, 7) is 3.16. The number of nitrogens with zero attached hydrogens (tertiary/aromatic N) is 2. The molecule has 0 aromatic carbocycles. The van der Waals surface area contributed by atoms with E-state index >= 15 is 0 Å². The zero-order valence-electron chi connectivity index (χ0n) is 9.60. The van der Waals surface area contributed by atoms with Crippen molar-refractivity contribution in [2.75, 3.05) is 12.3 Å². The summed E-state index contributed by atoms with van der Waals surface area (Å²) in [5.41, 5.74) is 8.31. The van der Waals surface area contributed by atoms with E-state index in [0.29, 0.717) is 5.82 Å². The molecule has 3 rings (SSSR count). The number of aromatic nitrogens is 1. The summed E-state index contributed by atoms with van der Waals surface area (Å²) in [4.78, 5) is 8.15. The molecule has 3 nitrogen and oxygen atoms in total. The van der Waals surface area contributed by atoms with Gasteiger partial charge in [-0.2, -0.15) is 0 Å². The fourth-order valence-electron chi connectivity index (χ4n) is 2.23. The maximum Gasteiger partial charge on any atom is 0.123 e. The van der Waals surface area contributed by atoms with Crippen molar-refractivity contribution in [2.45, 2.75) is 19.5 Å². The number of thiophene rings is 1. The van der Waals surface area contributed by atoms with Crippen molar-refractivity contribution in [2.24, 2.45) is 0 Å². The Morgan fingerprint density at radius 3 is 3.12 bits per heavy atom. The highest BCUT2D eigenvalue weighted by atomic mass is 32.1. The van der Waals surface area contributed by atoms with Crippen molar-refractivity contribution in [3.05, 3.63) is 45.8 Å². The molecule has 0 saturated carbocycles. The minimum atomic E-state index is 0.590. The van der Waals surface area contributed by atoms with Crippen LogP contribution in [0.2, 0.25) is 0 Å². The summed E-state index contributed by atoms with van der Waals surface area (Å²) < 4.78 is 0. The van der Waals surface area contributed by atoms with Crippen molar-refractivity contribution in [3.8, 4) is 0 Å². The first-order valence-corrected chi connectivity index (χ1v) is 6.67. The predicted molar refractivity (Wildman–Crippen MR) is 70.8 cm³/mol. The molecule has 2 aromatic heterocycles. The Morgan fingerprint density at radius 1 is 1.35 bits per heavy atom. The standard InChI is InChI=1S/C13H15N3S/c14-13-2-1-10(7-15-13)8-16-5-3-12-11(9-16)4-6-17-12/h1-2,4,6-7H,3,5,8-9H2,(H2,14,15). The molecule has 1 aliphatic heterocycles. The van der Waals surface area contributed by atoms with E-state index in [4.69, 9.17) is 5.73 Å². The molecular formula is C13H15N3S. The van der Waals surface area contributed by atoms with Gasteiger partial charge in [-0.3, -0.25) is 4.90 Å². The molecule has 3 heterocycles. The first-order valence-electron chi connectivity index (χ1n) is 5.79. The van der Waals surface area contributed by atoms with Crippen molar-refractivity contribution in [1.29, 1.82) is 0 Å². The molecular weight excluding hydrogens is 230 g/mol. The van der Waals surface area contributed by atoms with Crippen LogP contribution in [0.5, 0.6) is 0 Å². The molecule has 17 heavy (non-hydrogen) atoms. The van der Waals surface area contributed by atoms with E-state index in [9.17, 15) is 0 Å². The van der Waals surface area contributed by atoms with Crippen LogP contribution in [0.15, 0.2) is 29.8 Å². The lowest BCUT2D eigenvalue weighted by Crippen LogP contribution is -2.29. The molecule has 0 aliphatic carbocycles. The summed E-state index contributed by atoms with van der Waals surface area (Å²) in [5, 5.41) is 2.19. The van der Waals surface area contributed by atoms with Crippen LogP contribution in [-0.4, -0.2) is 16.4 Å². The van der Waals surface area contributed by atoms with Crippen LogP contribution in [0.1, 0.15) is 16.0 Å². The molecule has 2 N–H and O–H groups in total. The number of rotatable bonds is 2. The van der Waals surface area contributed by atoms with Crippen molar-refractivity contribution in [1.82, 2.24) is 9.88 Å². The Labute approximate surface area is 105 Å². The number of pyridine rings is 1. The van der Waals surface area contributed by atoms with Gasteiger partial charge >= 0.3 is 0 Å². The second-order valence-corrected chi connectivity index (χ2v) is 5.42. The maximum absolute atomic E-state index is 5.59. The van der Waals surface area contributed by atoms with Gasteiger partial charge < -0.3 is 5.73 Å². The normalized spacial score (nSPS) is 15.8. The van der Waals surface area contributed by atoms with Crippen LogP contribution < -0.4 is 5.73 Å². The minimum absolute atomic E-state index is 0.590. The Bertz CT molecular complexity index is 504. The highest BCUT2D eigenvalue weighted by Gasteiger charge is 2.16. The minimum Gasteiger partial charge on any atom is -0.384 e. The fourth-order valence-corrected chi connectivity index (χ4v) is 3.12. The number of nitrogens with two attached hydrogens (primary N) is 1. The van der Waals surface area contributed by atoms with Crippen molar-refractivity contribution >= 4 is 17.2 Å². The molecule has 0 bridgehead atoms. The Morgan fingerprint density at radius 2 is 2.29 bits per heavy atom. The van der Waals surface area contributed by atoms with Crippen LogP contribution >= 0.6 is 11.3 Å². The van der Waals surface area contributed by atoms with E-state index in [1.165, 1.54) is 17.5 Å². The zero-order valence-corrected chi connectivity index (χ0v) is 10.4. The molecule has 0 fully saturated rings. The van der Waals surface area contributed by atoms with E-state index in [0.717, 1.165) is 19.6 Å². The lowest BCUT2D eigenvalue weighted by Gasteiger charge is -2.26. The van der Waals surface area contributed by atoms with Gasteiger partial charge in [-0.25, -0.2) is 4.98 Å². The van der Waals surface area contributed by atoms with E-state index < -0.39 is 0 Å². The molecule has 88 valence electrons. The summed E-state index contributed by atoms with van der Waals surface area (Å²) in [6, 6.07) is 6.17. The first-order chi connectivity index (χ1) is 8.31. The molecule has 2 aromatic rings. The lowest BCUT2D eigenvalue weighted by molar-refractivity contribution is 0.247. The number of nitrogen functional groups attached to an aromatic ring is 1. The Kier molecular flexibility index (Phi) is 2.82. The van der Waals surface area contributed by atoms with Crippen LogP contribution in [0.25, 0.3) is 0 Å². The first kappa shape index (κ1) is 10.7. The molecule has 0 atom stereocenters. The van der Waals surface area contributed by atoms with Gasteiger partial charge in [-0.15, -0.1) is 11.3 Å². The number of fused-ring (bicyclic) bond motifs is 1.